The second kappa shape index (κ2) is 4.73. The maximum atomic E-state index is 3.80. The molecule has 3 rings (SSSR count). The summed E-state index contributed by atoms with van der Waals surface area (Å²) < 4.78 is 0. The molecule has 0 aliphatic heterocycles. The lowest BCUT2D eigenvalue weighted by Crippen LogP contribution is -2.15. The Balaban J connectivity index is 2.39. The van der Waals surface area contributed by atoms with Crippen molar-refractivity contribution in [3.8, 4) is 11.1 Å². The summed E-state index contributed by atoms with van der Waals surface area (Å²) in [4.78, 5) is 0. The molecule has 0 atom stereocenters. The molecule has 0 nitrogen and oxygen atoms in total. The van der Waals surface area contributed by atoms with E-state index in [4.69, 9.17) is 0 Å². The zero-order valence-electron chi connectivity index (χ0n) is 13.3. The molecule has 0 aromatic heterocycles. The third-order valence-electron chi connectivity index (χ3n) is 4.65. The van der Waals surface area contributed by atoms with Crippen LogP contribution in [0.2, 0.25) is 0 Å². The Morgan fingerprint density at radius 2 is 1.76 bits per heavy atom. The fraction of sp³-hybridized carbons (Fsp3) is 0.238. The molecule has 2 aromatic carbocycles. The third kappa shape index (κ3) is 1.98. The second-order valence-corrected chi connectivity index (χ2v) is 6.49. The summed E-state index contributed by atoms with van der Waals surface area (Å²) in [6.07, 6.45) is 6.06. The maximum absolute atomic E-state index is 3.80. The smallest absolute Gasteiger partial charge is 0.0159 e. The lowest BCUT2D eigenvalue weighted by molar-refractivity contribution is 0.659. The van der Waals surface area contributed by atoms with Gasteiger partial charge >= 0.3 is 0 Å². The van der Waals surface area contributed by atoms with Gasteiger partial charge in [-0.1, -0.05) is 74.5 Å². The van der Waals surface area contributed by atoms with Crippen LogP contribution in [0.15, 0.2) is 49.1 Å². The van der Waals surface area contributed by atoms with Crippen molar-refractivity contribution in [1.29, 1.82) is 0 Å². The zero-order valence-corrected chi connectivity index (χ0v) is 13.3. The fourth-order valence-corrected chi connectivity index (χ4v) is 3.45. The van der Waals surface area contributed by atoms with Crippen molar-refractivity contribution in [2.75, 3.05) is 0 Å². The molecule has 0 bridgehead atoms. The summed E-state index contributed by atoms with van der Waals surface area (Å²) in [7, 11) is 0. The van der Waals surface area contributed by atoms with E-state index in [0.29, 0.717) is 0 Å². The van der Waals surface area contributed by atoms with Crippen molar-refractivity contribution in [3.63, 3.8) is 0 Å². The SMILES string of the molecule is C=C/C=C\c1c(C)ccc2c1-c1ccc(C)cc1C2(C)C. The van der Waals surface area contributed by atoms with Crippen LogP contribution in [0.4, 0.5) is 0 Å². The van der Waals surface area contributed by atoms with Crippen molar-refractivity contribution in [3.05, 3.63) is 76.9 Å². The third-order valence-corrected chi connectivity index (χ3v) is 4.65. The molecule has 0 saturated carbocycles. The maximum Gasteiger partial charge on any atom is 0.0159 e. The normalized spacial score (nSPS) is 15.0. The van der Waals surface area contributed by atoms with Gasteiger partial charge in [-0.3, -0.25) is 0 Å². The van der Waals surface area contributed by atoms with Gasteiger partial charge in [0.2, 0.25) is 0 Å². The van der Waals surface area contributed by atoms with E-state index in [1.54, 1.807) is 0 Å². The van der Waals surface area contributed by atoms with E-state index in [-0.39, 0.29) is 5.41 Å². The summed E-state index contributed by atoms with van der Waals surface area (Å²) in [6.45, 7) is 12.8. The Bertz CT molecular complexity index is 758. The van der Waals surface area contributed by atoms with Gasteiger partial charge in [-0.15, -0.1) is 0 Å². The van der Waals surface area contributed by atoms with Crippen LogP contribution in [-0.4, -0.2) is 0 Å². The topological polar surface area (TPSA) is 0 Å². The molecule has 21 heavy (non-hydrogen) atoms. The highest BCUT2D eigenvalue weighted by atomic mass is 14.4. The standard InChI is InChI=1S/C21H22/c1-6-7-8-16-15(3)10-12-18-20(16)17-11-9-14(2)13-19(17)21(18,4)5/h6-13H,1H2,2-5H3/b8-7-. The number of fused-ring (bicyclic) bond motifs is 3. The average Bonchev–Trinajstić information content (AvgIpc) is 2.66. The Kier molecular flexibility index (Phi) is 3.13. The Morgan fingerprint density at radius 3 is 2.48 bits per heavy atom. The van der Waals surface area contributed by atoms with Crippen LogP contribution in [0.25, 0.3) is 17.2 Å². The Hall–Kier alpha value is -2.08. The van der Waals surface area contributed by atoms with Crippen LogP contribution >= 0.6 is 0 Å². The molecule has 1 aliphatic carbocycles. The number of rotatable bonds is 2. The monoisotopic (exact) mass is 274 g/mol. The number of benzene rings is 2. The lowest BCUT2D eigenvalue weighted by Gasteiger charge is -2.22. The minimum atomic E-state index is 0.0706. The van der Waals surface area contributed by atoms with Gasteiger partial charge in [0.05, 0.1) is 0 Å². The molecule has 0 N–H and O–H groups in total. The highest BCUT2D eigenvalue weighted by Gasteiger charge is 2.36. The molecule has 0 fully saturated rings. The quantitative estimate of drug-likeness (QED) is 0.606. The first-order valence-electron chi connectivity index (χ1n) is 7.51. The first-order chi connectivity index (χ1) is 9.96. The van der Waals surface area contributed by atoms with E-state index in [0.717, 1.165) is 0 Å². The minimum absolute atomic E-state index is 0.0706. The molecular weight excluding hydrogens is 252 g/mol. The average molecular weight is 274 g/mol. The molecule has 2 aromatic rings. The van der Waals surface area contributed by atoms with Crippen molar-refractivity contribution < 1.29 is 0 Å². The summed E-state index contributed by atoms with van der Waals surface area (Å²) in [5.41, 5.74) is 9.69. The van der Waals surface area contributed by atoms with Crippen LogP contribution in [0, 0.1) is 13.8 Å². The molecule has 0 unspecified atom stereocenters. The fourth-order valence-electron chi connectivity index (χ4n) is 3.45. The van der Waals surface area contributed by atoms with E-state index in [2.05, 4.69) is 70.7 Å². The number of aryl methyl sites for hydroxylation is 2. The van der Waals surface area contributed by atoms with Crippen LogP contribution < -0.4 is 0 Å². The Morgan fingerprint density at radius 1 is 1.00 bits per heavy atom. The van der Waals surface area contributed by atoms with Gasteiger partial charge < -0.3 is 0 Å². The van der Waals surface area contributed by atoms with E-state index in [1.807, 2.05) is 12.2 Å². The molecular formula is C21H22. The van der Waals surface area contributed by atoms with E-state index in [1.165, 1.54) is 38.9 Å². The predicted octanol–water partition coefficient (Wildman–Crippen LogP) is 5.81. The van der Waals surface area contributed by atoms with Crippen LogP contribution in [0.3, 0.4) is 0 Å². The highest BCUT2D eigenvalue weighted by Crippen LogP contribution is 2.50. The molecule has 106 valence electrons. The molecule has 0 spiro atoms. The van der Waals surface area contributed by atoms with Crippen molar-refractivity contribution in [2.45, 2.75) is 33.1 Å². The highest BCUT2D eigenvalue weighted by molar-refractivity contribution is 5.88. The van der Waals surface area contributed by atoms with Gasteiger partial charge in [0.25, 0.3) is 0 Å². The van der Waals surface area contributed by atoms with Crippen molar-refractivity contribution >= 4 is 6.08 Å². The number of hydrogen-bond acceptors (Lipinski definition) is 0. The van der Waals surface area contributed by atoms with E-state index >= 15 is 0 Å². The van der Waals surface area contributed by atoms with Gasteiger partial charge in [0.1, 0.15) is 0 Å². The first kappa shape index (κ1) is 13.9. The predicted molar refractivity (Wildman–Crippen MR) is 92.7 cm³/mol. The van der Waals surface area contributed by atoms with Crippen LogP contribution in [0.5, 0.6) is 0 Å². The van der Waals surface area contributed by atoms with Gasteiger partial charge in [-0.05, 0) is 47.2 Å². The van der Waals surface area contributed by atoms with Crippen molar-refractivity contribution in [2.24, 2.45) is 0 Å². The molecule has 1 aliphatic rings. The molecule has 0 saturated heterocycles. The summed E-state index contributed by atoms with van der Waals surface area (Å²) >= 11 is 0. The Labute approximate surface area is 127 Å². The van der Waals surface area contributed by atoms with E-state index < -0.39 is 0 Å². The van der Waals surface area contributed by atoms with Gasteiger partial charge in [-0.25, -0.2) is 0 Å². The summed E-state index contributed by atoms with van der Waals surface area (Å²) in [5, 5.41) is 0. The van der Waals surface area contributed by atoms with Crippen LogP contribution in [-0.2, 0) is 5.41 Å². The summed E-state index contributed by atoms with van der Waals surface area (Å²) in [6, 6.07) is 11.4. The largest absolute Gasteiger partial charge is 0.0991 e. The molecule has 0 radical (unpaired) electrons. The van der Waals surface area contributed by atoms with E-state index in [9.17, 15) is 0 Å². The second-order valence-electron chi connectivity index (χ2n) is 6.49. The first-order valence-corrected chi connectivity index (χ1v) is 7.51. The number of hydrogen-bond donors (Lipinski definition) is 0. The van der Waals surface area contributed by atoms with Crippen LogP contribution in [0.1, 0.15) is 41.7 Å². The van der Waals surface area contributed by atoms with Gasteiger partial charge in [-0.2, -0.15) is 0 Å². The zero-order chi connectivity index (χ0) is 15.2. The van der Waals surface area contributed by atoms with Crippen molar-refractivity contribution in [1.82, 2.24) is 0 Å². The lowest BCUT2D eigenvalue weighted by atomic mass is 9.81. The van der Waals surface area contributed by atoms with Gasteiger partial charge in [0, 0.05) is 5.41 Å². The molecule has 0 heterocycles. The summed E-state index contributed by atoms with van der Waals surface area (Å²) in [5.74, 6) is 0. The minimum Gasteiger partial charge on any atom is -0.0991 e. The molecule has 0 amide bonds. The van der Waals surface area contributed by atoms with Gasteiger partial charge in [0.15, 0.2) is 0 Å². The molecule has 0 heteroatoms. The number of allylic oxidation sites excluding steroid dienone is 2.